The molecule has 0 unspecified atom stereocenters. The van der Waals surface area contributed by atoms with Gasteiger partial charge in [-0.05, 0) is 54.3 Å². The molecule has 1 amide bonds. The summed E-state index contributed by atoms with van der Waals surface area (Å²) < 4.78 is 73.2. The first-order valence-corrected chi connectivity index (χ1v) is 12.9. The summed E-state index contributed by atoms with van der Waals surface area (Å²) in [6, 6.07) is 15.6. The van der Waals surface area contributed by atoms with Crippen molar-refractivity contribution in [2.45, 2.75) is 30.3 Å². The van der Waals surface area contributed by atoms with Gasteiger partial charge in [0.2, 0.25) is 5.91 Å². The quantitative estimate of drug-likeness (QED) is 0.256. The maximum atomic E-state index is 13.3. The van der Waals surface area contributed by atoms with Crippen LogP contribution >= 0.6 is 0 Å². The molecule has 194 valence electrons. The lowest BCUT2D eigenvalue weighted by Gasteiger charge is -2.18. The third kappa shape index (κ3) is 6.55. The molecular formula is C26H24F3N3O4S. The van der Waals surface area contributed by atoms with Crippen LogP contribution in [0.1, 0.15) is 29.5 Å². The molecule has 7 nitrogen and oxygen atoms in total. The Balaban J connectivity index is 1.55. The number of carbonyl (C=O) groups excluding carboxylic acids is 1. The van der Waals surface area contributed by atoms with E-state index in [0.29, 0.717) is 18.2 Å². The number of rotatable bonds is 7. The smallest absolute Gasteiger partial charge is 0.372 e. The van der Waals surface area contributed by atoms with Gasteiger partial charge in [0.05, 0.1) is 18.2 Å². The van der Waals surface area contributed by atoms with Crippen LogP contribution in [-0.2, 0) is 27.5 Å². The standard InChI is InChI=1S/C26H24F3N3O4S/c27-26(28,29)20-10-11-24(37(34,35)36)23(16-20)22-9-2-1-7-19(22)17-30-31-25(33)15-18-6-5-8-21(14-18)32-12-3-4-13-32/h1-2,5-11,14,16-17H,3-4,12-13,15H2,(H,31,33)(H,34,35,36). The summed E-state index contributed by atoms with van der Waals surface area (Å²) in [7, 11) is -4.82. The molecule has 37 heavy (non-hydrogen) atoms. The number of hydrazone groups is 1. The number of amides is 1. The van der Waals surface area contributed by atoms with Gasteiger partial charge < -0.3 is 4.90 Å². The lowest BCUT2D eigenvalue weighted by Crippen LogP contribution is -2.21. The van der Waals surface area contributed by atoms with Crippen molar-refractivity contribution in [3.8, 4) is 11.1 Å². The lowest BCUT2D eigenvalue weighted by molar-refractivity contribution is -0.137. The number of nitrogens with zero attached hydrogens (tertiary/aromatic N) is 2. The van der Waals surface area contributed by atoms with E-state index in [1.165, 1.54) is 24.4 Å². The number of nitrogens with one attached hydrogen (secondary N) is 1. The van der Waals surface area contributed by atoms with E-state index < -0.39 is 32.7 Å². The molecule has 4 rings (SSSR count). The summed E-state index contributed by atoms with van der Waals surface area (Å²) in [5.74, 6) is -0.398. The van der Waals surface area contributed by atoms with Crippen molar-refractivity contribution in [2.24, 2.45) is 5.10 Å². The maximum absolute atomic E-state index is 13.3. The Hall–Kier alpha value is -3.70. The molecule has 0 aliphatic carbocycles. The summed E-state index contributed by atoms with van der Waals surface area (Å²) in [6.45, 7) is 1.95. The second kappa shape index (κ2) is 10.7. The minimum absolute atomic E-state index is 0.0706. The molecule has 0 bridgehead atoms. The number of halogens is 3. The predicted molar refractivity (Wildman–Crippen MR) is 134 cm³/mol. The molecule has 1 heterocycles. The summed E-state index contributed by atoms with van der Waals surface area (Å²) in [4.78, 5) is 14.0. The Morgan fingerprint density at radius 2 is 1.73 bits per heavy atom. The van der Waals surface area contributed by atoms with Gasteiger partial charge in [0.15, 0.2) is 0 Å². The molecule has 0 saturated carbocycles. The molecule has 11 heteroatoms. The summed E-state index contributed by atoms with van der Waals surface area (Å²) >= 11 is 0. The van der Waals surface area contributed by atoms with Gasteiger partial charge in [-0.1, -0.05) is 36.4 Å². The monoisotopic (exact) mass is 531 g/mol. The van der Waals surface area contributed by atoms with E-state index >= 15 is 0 Å². The fourth-order valence-corrected chi connectivity index (χ4v) is 4.92. The topological polar surface area (TPSA) is 99.1 Å². The summed E-state index contributed by atoms with van der Waals surface area (Å²) in [6.07, 6.45) is -1.18. The normalized spacial score (nSPS) is 14.3. The van der Waals surface area contributed by atoms with Crippen LogP contribution in [0.15, 0.2) is 76.7 Å². The van der Waals surface area contributed by atoms with E-state index in [4.69, 9.17) is 0 Å². The fourth-order valence-electron chi connectivity index (χ4n) is 4.23. The van der Waals surface area contributed by atoms with Crippen LogP contribution in [0.25, 0.3) is 11.1 Å². The minimum Gasteiger partial charge on any atom is -0.372 e. The van der Waals surface area contributed by atoms with Crippen molar-refractivity contribution in [1.82, 2.24) is 5.43 Å². The number of hydrogen-bond donors (Lipinski definition) is 2. The van der Waals surface area contributed by atoms with Crippen LogP contribution in [-0.4, -0.2) is 38.2 Å². The van der Waals surface area contributed by atoms with Crippen LogP contribution < -0.4 is 10.3 Å². The van der Waals surface area contributed by atoms with E-state index in [-0.39, 0.29) is 23.1 Å². The van der Waals surface area contributed by atoms with Crippen LogP contribution in [0, 0.1) is 0 Å². The van der Waals surface area contributed by atoms with Gasteiger partial charge in [0.1, 0.15) is 4.90 Å². The third-order valence-corrected chi connectivity index (χ3v) is 6.89. The van der Waals surface area contributed by atoms with Crippen molar-refractivity contribution in [3.63, 3.8) is 0 Å². The fraction of sp³-hybridized carbons (Fsp3) is 0.231. The number of hydrogen-bond acceptors (Lipinski definition) is 5. The zero-order chi connectivity index (χ0) is 26.6. The first-order chi connectivity index (χ1) is 17.5. The number of benzene rings is 3. The molecule has 0 radical (unpaired) electrons. The van der Waals surface area contributed by atoms with E-state index in [2.05, 4.69) is 15.4 Å². The Kier molecular flexibility index (Phi) is 7.65. The molecule has 1 aliphatic rings. The average molecular weight is 532 g/mol. The van der Waals surface area contributed by atoms with E-state index in [1.54, 1.807) is 6.07 Å². The first kappa shape index (κ1) is 26.4. The molecule has 0 spiro atoms. The Morgan fingerprint density at radius 1 is 1.00 bits per heavy atom. The van der Waals surface area contributed by atoms with Gasteiger partial charge in [0, 0.05) is 29.9 Å². The minimum atomic E-state index is -4.82. The first-order valence-electron chi connectivity index (χ1n) is 11.5. The molecule has 2 N–H and O–H groups in total. The number of carbonyl (C=O) groups is 1. The summed E-state index contributed by atoms with van der Waals surface area (Å²) in [5.41, 5.74) is 3.15. The van der Waals surface area contributed by atoms with Gasteiger partial charge in [-0.3, -0.25) is 9.35 Å². The van der Waals surface area contributed by atoms with Crippen LogP contribution in [0.4, 0.5) is 18.9 Å². The van der Waals surface area contributed by atoms with Crippen molar-refractivity contribution in [1.29, 1.82) is 0 Å². The van der Waals surface area contributed by atoms with Crippen molar-refractivity contribution in [3.05, 3.63) is 83.4 Å². The Morgan fingerprint density at radius 3 is 2.43 bits per heavy atom. The van der Waals surface area contributed by atoms with Gasteiger partial charge >= 0.3 is 6.18 Å². The van der Waals surface area contributed by atoms with Crippen molar-refractivity contribution >= 4 is 27.9 Å². The molecule has 3 aromatic carbocycles. The molecule has 1 fully saturated rings. The highest BCUT2D eigenvalue weighted by Gasteiger charge is 2.32. The Bertz CT molecular complexity index is 1430. The second-order valence-electron chi connectivity index (χ2n) is 8.61. The van der Waals surface area contributed by atoms with Crippen LogP contribution in [0.3, 0.4) is 0 Å². The van der Waals surface area contributed by atoms with Crippen molar-refractivity contribution in [2.75, 3.05) is 18.0 Å². The largest absolute Gasteiger partial charge is 0.416 e. The third-order valence-electron chi connectivity index (χ3n) is 5.98. The van der Waals surface area contributed by atoms with Gasteiger partial charge in [-0.25, -0.2) is 5.43 Å². The Labute approximate surface area is 212 Å². The zero-order valence-electron chi connectivity index (χ0n) is 19.6. The van der Waals surface area contributed by atoms with E-state index in [9.17, 15) is 30.9 Å². The molecule has 3 aromatic rings. The molecule has 0 aromatic heterocycles. The van der Waals surface area contributed by atoms with Crippen molar-refractivity contribution < 1.29 is 30.9 Å². The molecular weight excluding hydrogens is 507 g/mol. The highest BCUT2D eigenvalue weighted by atomic mass is 32.2. The number of alkyl halides is 3. The SMILES string of the molecule is O=C(Cc1cccc(N2CCCC2)c1)NN=Cc1ccccc1-c1cc(C(F)(F)F)ccc1S(=O)(=O)O. The van der Waals surface area contributed by atoms with Gasteiger partial charge in [-0.15, -0.1) is 0 Å². The lowest BCUT2D eigenvalue weighted by atomic mass is 9.98. The molecule has 1 saturated heterocycles. The van der Waals surface area contributed by atoms with E-state index in [0.717, 1.165) is 37.2 Å². The zero-order valence-corrected chi connectivity index (χ0v) is 20.4. The maximum Gasteiger partial charge on any atom is 0.416 e. The highest BCUT2D eigenvalue weighted by molar-refractivity contribution is 7.86. The average Bonchev–Trinajstić information content (AvgIpc) is 3.38. The van der Waals surface area contributed by atoms with Gasteiger partial charge in [-0.2, -0.15) is 26.7 Å². The highest BCUT2D eigenvalue weighted by Crippen LogP contribution is 2.36. The summed E-state index contributed by atoms with van der Waals surface area (Å²) in [5, 5.41) is 3.92. The van der Waals surface area contributed by atoms with Crippen LogP contribution in [0.5, 0.6) is 0 Å². The van der Waals surface area contributed by atoms with Gasteiger partial charge in [0.25, 0.3) is 10.1 Å². The molecule has 1 aliphatic heterocycles. The second-order valence-corrected chi connectivity index (χ2v) is 9.99. The predicted octanol–water partition coefficient (Wildman–Crippen LogP) is 4.91. The van der Waals surface area contributed by atoms with Crippen LogP contribution in [0.2, 0.25) is 0 Å². The number of anilines is 1. The molecule has 0 atom stereocenters. The van der Waals surface area contributed by atoms with E-state index in [1.807, 2.05) is 24.3 Å².